The largest absolute Gasteiger partial charge is 0.364 e. The number of nitrogens with zero attached hydrogens (tertiary/aromatic N) is 3. The standard InChI is InChI=1S/C18H23N3O2/c1-2-23-17(15-7-4-3-5-8-15)18(22)20-11-6-9-16(13-20)21-12-10-19-14-21/h3-5,7-8,10,12,14,16-17H,2,6,9,11,13H2,1H3/t16-,17-/m1/s1. The van der Waals surface area contributed by atoms with E-state index in [1.165, 1.54) is 0 Å². The van der Waals surface area contributed by atoms with Gasteiger partial charge >= 0.3 is 0 Å². The van der Waals surface area contributed by atoms with Crippen LogP contribution in [0.3, 0.4) is 0 Å². The Morgan fingerprint density at radius 2 is 2.22 bits per heavy atom. The molecule has 1 aliphatic rings. The Bertz CT molecular complexity index is 612. The molecule has 0 N–H and O–H groups in total. The van der Waals surface area contributed by atoms with Gasteiger partial charge in [0.15, 0.2) is 6.10 Å². The van der Waals surface area contributed by atoms with Crippen LogP contribution in [0.25, 0.3) is 0 Å². The number of likely N-dealkylation sites (tertiary alicyclic amines) is 1. The maximum atomic E-state index is 13.0. The van der Waals surface area contributed by atoms with Crippen molar-refractivity contribution >= 4 is 5.91 Å². The maximum absolute atomic E-state index is 13.0. The van der Waals surface area contributed by atoms with Crippen molar-refractivity contribution in [1.29, 1.82) is 0 Å². The number of hydrogen-bond acceptors (Lipinski definition) is 3. The Hall–Kier alpha value is -2.14. The number of hydrogen-bond donors (Lipinski definition) is 0. The summed E-state index contributed by atoms with van der Waals surface area (Å²) in [4.78, 5) is 19.0. The molecule has 5 nitrogen and oxygen atoms in total. The Labute approximate surface area is 136 Å². The number of imidazole rings is 1. The second-order valence-electron chi connectivity index (χ2n) is 5.84. The third-order valence-electron chi connectivity index (χ3n) is 4.31. The van der Waals surface area contributed by atoms with Gasteiger partial charge < -0.3 is 14.2 Å². The van der Waals surface area contributed by atoms with Gasteiger partial charge in [0.2, 0.25) is 0 Å². The molecule has 122 valence electrons. The molecule has 1 fully saturated rings. The monoisotopic (exact) mass is 313 g/mol. The average Bonchev–Trinajstić information content (AvgIpc) is 3.15. The summed E-state index contributed by atoms with van der Waals surface area (Å²) >= 11 is 0. The molecular weight excluding hydrogens is 290 g/mol. The van der Waals surface area contributed by atoms with Crippen LogP contribution in [0, 0.1) is 0 Å². The third kappa shape index (κ3) is 3.62. The highest BCUT2D eigenvalue weighted by Crippen LogP contribution is 2.26. The molecule has 0 spiro atoms. The minimum Gasteiger partial charge on any atom is -0.364 e. The topological polar surface area (TPSA) is 47.4 Å². The molecule has 1 aromatic heterocycles. The molecule has 1 saturated heterocycles. The van der Waals surface area contributed by atoms with Crippen molar-refractivity contribution < 1.29 is 9.53 Å². The van der Waals surface area contributed by atoms with Gasteiger partial charge in [-0.3, -0.25) is 4.79 Å². The summed E-state index contributed by atoms with van der Waals surface area (Å²) in [6, 6.07) is 10.0. The third-order valence-corrected chi connectivity index (χ3v) is 4.31. The highest BCUT2D eigenvalue weighted by Gasteiger charge is 2.30. The Morgan fingerprint density at radius 1 is 1.39 bits per heavy atom. The lowest BCUT2D eigenvalue weighted by molar-refractivity contribution is -0.145. The summed E-state index contributed by atoms with van der Waals surface area (Å²) in [5, 5.41) is 0. The number of carbonyl (C=O) groups is 1. The molecule has 0 radical (unpaired) electrons. The van der Waals surface area contributed by atoms with E-state index in [4.69, 9.17) is 4.74 Å². The fourth-order valence-corrected chi connectivity index (χ4v) is 3.15. The highest BCUT2D eigenvalue weighted by atomic mass is 16.5. The van der Waals surface area contributed by atoms with Gasteiger partial charge in [0.05, 0.1) is 12.4 Å². The van der Waals surface area contributed by atoms with Crippen molar-refractivity contribution in [3.05, 3.63) is 54.6 Å². The summed E-state index contributed by atoms with van der Waals surface area (Å²) in [6.07, 6.45) is 7.15. The molecule has 2 atom stereocenters. The second-order valence-corrected chi connectivity index (χ2v) is 5.84. The van der Waals surface area contributed by atoms with Crippen molar-refractivity contribution in [2.75, 3.05) is 19.7 Å². The van der Waals surface area contributed by atoms with E-state index in [0.717, 1.165) is 24.9 Å². The van der Waals surface area contributed by atoms with E-state index in [1.807, 2.05) is 54.7 Å². The number of rotatable bonds is 5. The SMILES string of the molecule is CCO[C@@H](C(=O)N1CCC[C@@H](n2ccnc2)C1)c1ccccc1. The van der Waals surface area contributed by atoms with Gasteiger partial charge in [0, 0.05) is 32.1 Å². The minimum atomic E-state index is -0.511. The van der Waals surface area contributed by atoms with Crippen molar-refractivity contribution in [2.45, 2.75) is 31.9 Å². The molecule has 0 bridgehead atoms. The van der Waals surface area contributed by atoms with Crippen LogP contribution < -0.4 is 0 Å². The van der Waals surface area contributed by atoms with Crippen LogP contribution in [0.5, 0.6) is 0 Å². The number of piperidine rings is 1. The van der Waals surface area contributed by atoms with Gasteiger partial charge in [0.25, 0.3) is 5.91 Å². The lowest BCUT2D eigenvalue weighted by Crippen LogP contribution is -2.43. The van der Waals surface area contributed by atoms with Crippen molar-refractivity contribution in [1.82, 2.24) is 14.5 Å². The van der Waals surface area contributed by atoms with Crippen LogP contribution in [0.1, 0.15) is 37.5 Å². The molecule has 1 amide bonds. The minimum absolute atomic E-state index is 0.0582. The molecule has 5 heteroatoms. The lowest BCUT2D eigenvalue weighted by atomic mass is 10.0. The molecule has 0 unspecified atom stereocenters. The quantitative estimate of drug-likeness (QED) is 0.853. The van der Waals surface area contributed by atoms with Crippen LogP contribution in [0.15, 0.2) is 49.1 Å². The Kier molecular flexibility index (Phi) is 5.08. The molecule has 0 saturated carbocycles. The van der Waals surface area contributed by atoms with Gasteiger partial charge in [-0.2, -0.15) is 0 Å². The summed E-state index contributed by atoms with van der Waals surface area (Å²) in [6.45, 7) is 3.95. The highest BCUT2D eigenvalue weighted by molar-refractivity contribution is 5.82. The van der Waals surface area contributed by atoms with E-state index in [-0.39, 0.29) is 5.91 Å². The molecular formula is C18H23N3O2. The van der Waals surface area contributed by atoms with Gasteiger partial charge in [0.1, 0.15) is 0 Å². The molecule has 2 heterocycles. The fourth-order valence-electron chi connectivity index (χ4n) is 3.15. The smallest absolute Gasteiger partial charge is 0.256 e. The number of carbonyl (C=O) groups excluding carboxylic acids is 1. The fraction of sp³-hybridized carbons (Fsp3) is 0.444. The van der Waals surface area contributed by atoms with Crippen LogP contribution in [0.2, 0.25) is 0 Å². The van der Waals surface area contributed by atoms with E-state index < -0.39 is 6.10 Å². The van der Waals surface area contributed by atoms with E-state index in [1.54, 1.807) is 6.20 Å². The molecule has 23 heavy (non-hydrogen) atoms. The zero-order chi connectivity index (χ0) is 16.1. The van der Waals surface area contributed by atoms with Crippen LogP contribution >= 0.6 is 0 Å². The normalized spacial score (nSPS) is 19.5. The summed E-state index contributed by atoms with van der Waals surface area (Å²) < 4.78 is 7.85. The Balaban J connectivity index is 1.74. The van der Waals surface area contributed by atoms with Crippen LogP contribution in [-0.2, 0) is 9.53 Å². The molecule has 1 aromatic carbocycles. The number of amides is 1. The number of aromatic nitrogens is 2. The van der Waals surface area contributed by atoms with Crippen LogP contribution in [-0.4, -0.2) is 40.1 Å². The second kappa shape index (κ2) is 7.42. The Morgan fingerprint density at radius 3 is 2.91 bits per heavy atom. The first-order valence-electron chi connectivity index (χ1n) is 8.22. The van der Waals surface area contributed by atoms with Gasteiger partial charge in [-0.15, -0.1) is 0 Å². The van der Waals surface area contributed by atoms with Crippen molar-refractivity contribution in [3.63, 3.8) is 0 Å². The first kappa shape index (κ1) is 15.7. The van der Waals surface area contributed by atoms with Gasteiger partial charge in [-0.25, -0.2) is 4.98 Å². The molecule has 1 aliphatic heterocycles. The summed E-state index contributed by atoms with van der Waals surface area (Å²) in [5.41, 5.74) is 0.920. The van der Waals surface area contributed by atoms with Gasteiger partial charge in [-0.1, -0.05) is 30.3 Å². The zero-order valence-electron chi connectivity index (χ0n) is 13.5. The molecule has 0 aliphatic carbocycles. The van der Waals surface area contributed by atoms with E-state index in [0.29, 0.717) is 19.2 Å². The summed E-state index contributed by atoms with van der Waals surface area (Å²) in [5.74, 6) is 0.0582. The van der Waals surface area contributed by atoms with E-state index >= 15 is 0 Å². The number of ether oxygens (including phenoxy) is 1. The zero-order valence-corrected chi connectivity index (χ0v) is 13.5. The number of benzene rings is 1. The van der Waals surface area contributed by atoms with Crippen molar-refractivity contribution in [2.24, 2.45) is 0 Å². The summed E-state index contributed by atoms with van der Waals surface area (Å²) in [7, 11) is 0. The molecule has 3 rings (SSSR count). The lowest BCUT2D eigenvalue weighted by Gasteiger charge is -2.35. The van der Waals surface area contributed by atoms with Crippen LogP contribution in [0.4, 0.5) is 0 Å². The van der Waals surface area contributed by atoms with Crippen molar-refractivity contribution in [3.8, 4) is 0 Å². The predicted octanol–water partition coefficient (Wildman–Crippen LogP) is 2.82. The van der Waals surface area contributed by atoms with E-state index in [2.05, 4.69) is 9.55 Å². The first-order valence-corrected chi connectivity index (χ1v) is 8.22. The first-order chi connectivity index (χ1) is 11.3. The predicted molar refractivity (Wildman–Crippen MR) is 87.9 cm³/mol. The molecule has 2 aromatic rings. The average molecular weight is 313 g/mol. The maximum Gasteiger partial charge on any atom is 0.256 e. The van der Waals surface area contributed by atoms with E-state index in [9.17, 15) is 4.79 Å². The van der Waals surface area contributed by atoms with Gasteiger partial charge in [-0.05, 0) is 25.3 Å².